The SMILES string of the molecule is Cc1ccc(Cl)c(Oc2nnc(C(F)(F)F)c(C)c2C(=O)Nc2cccc(S(C)(=N)=O)c2)c1Cl. The van der Waals surface area contributed by atoms with Gasteiger partial charge in [0.15, 0.2) is 11.4 Å². The molecule has 0 saturated heterocycles. The number of hydrogen-bond donors (Lipinski definition) is 2. The summed E-state index contributed by atoms with van der Waals surface area (Å²) < 4.78 is 65.7. The number of ether oxygens (including phenoxy) is 1. The number of nitrogens with one attached hydrogen (secondary N) is 2. The van der Waals surface area contributed by atoms with Crippen LogP contribution in [0.15, 0.2) is 41.3 Å². The van der Waals surface area contributed by atoms with Gasteiger partial charge >= 0.3 is 6.18 Å². The van der Waals surface area contributed by atoms with E-state index in [1.807, 2.05) is 0 Å². The third kappa shape index (κ3) is 5.43. The zero-order valence-corrected chi connectivity index (χ0v) is 20.2. The fourth-order valence-electron chi connectivity index (χ4n) is 2.94. The molecule has 1 aromatic heterocycles. The normalized spacial score (nSPS) is 13.3. The Labute approximate surface area is 203 Å². The molecule has 0 spiro atoms. The van der Waals surface area contributed by atoms with Crippen LogP contribution in [0, 0.1) is 18.6 Å². The smallest absolute Gasteiger partial charge is 0.434 e. The first kappa shape index (κ1) is 25.7. The van der Waals surface area contributed by atoms with Gasteiger partial charge < -0.3 is 10.1 Å². The standard InChI is InChI=1S/C21H17Cl2F3N4O3S/c1-10-7-8-14(22)17(16(10)23)33-20-15(11(2)18(29-30-20)21(24,25)26)19(31)28-12-5-4-6-13(9-12)34(3,27)32/h4-9,27H,1-3H3,(H,28,31). The highest BCUT2D eigenvalue weighted by Crippen LogP contribution is 2.40. The number of aryl methyl sites for hydroxylation is 1. The summed E-state index contributed by atoms with van der Waals surface area (Å²) in [5.41, 5.74) is -1.79. The second-order valence-corrected chi connectivity index (χ2v) is 10.2. The van der Waals surface area contributed by atoms with Crippen molar-refractivity contribution in [1.29, 1.82) is 4.78 Å². The Morgan fingerprint density at radius 3 is 2.44 bits per heavy atom. The highest BCUT2D eigenvalue weighted by molar-refractivity contribution is 7.91. The van der Waals surface area contributed by atoms with Gasteiger partial charge in [0.25, 0.3) is 11.8 Å². The summed E-state index contributed by atoms with van der Waals surface area (Å²) in [5, 5.41) is 9.24. The Balaban J connectivity index is 2.13. The number of aromatic nitrogens is 2. The number of carbonyl (C=O) groups is 1. The van der Waals surface area contributed by atoms with E-state index in [0.717, 1.165) is 6.92 Å². The van der Waals surface area contributed by atoms with Crippen molar-refractivity contribution in [3.63, 3.8) is 0 Å². The van der Waals surface area contributed by atoms with Crippen LogP contribution in [0.25, 0.3) is 0 Å². The third-order valence-corrected chi connectivity index (χ3v) is 6.58. The van der Waals surface area contributed by atoms with Crippen molar-refractivity contribution >= 4 is 44.5 Å². The molecule has 7 nitrogen and oxygen atoms in total. The molecule has 34 heavy (non-hydrogen) atoms. The van der Waals surface area contributed by atoms with Crippen LogP contribution in [-0.4, -0.2) is 26.6 Å². The van der Waals surface area contributed by atoms with Crippen LogP contribution < -0.4 is 10.1 Å². The summed E-state index contributed by atoms with van der Waals surface area (Å²) in [6.07, 6.45) is -3.69. The third-order valence-electron chi connectivity index (χ3n) is 4.66. The van der Waals surface area contributed by atoms with E-state index in [4.69, 9.17) is 32.7 Å². The maximum absolute atomic E-state index is 13.5. The quantitative estimate of drug-likeness (QED) is 0.390. The largest absolute Gasteiger partial charge is 0.435 e. The van der Waals surface area contributed by atoms with Crippen molar-refractivity contribution in [3.8, 4) is 11.6 Å². The first-order chi connectivity index (χ1) is 15.7. The van der Waals surface area contributed by atoms with Gasteiger partial charge in [0.05, 0.1) is 19.8 Å². The number of anilines is 1. The van der Waals surface area contributed by atoms with E-state index in [-0.39, 0.29) is 26.4 Å². The Bertz CT molecular complexity index is 1400. The van der Waals surface area contributed by atoms with Crippen LogP contribution in [0.5, 0.6) is 11.6 Å². The Hall–Kier alpha value is -2.89. The summed E-state index contributed by atoms with van der Waals surface area (Å²) in [6, 6.07) is 8.68. The fourth-order valence-corrected chi connectivity index (χ4v) is 4.08. The van der Waals surface area contributed by atoms with Crippen molar-refractivity contribution in [2.75, 3.05) is 11.6 Å². The summed E-state index contributed by atoms with van der Waals surface area (Å²) in [5.74, 6) is -1.65. The maximum Gasteiger partial charge on any atom is 0.435 e. The average Bonchev–Trinajstić information content (AvgIpc) is 2.72. The number of hydrogen-bond acceptors (Lipinski definition) is 6. The molecule has 0 saturated carbocycles. The lowest BCUT2D eigenvalue weighted by Crippen LogP contribution is -2.21. The van der Waals surface area contributed by atoms with Crippen molar-refractivity contribution in [3.05, 3.63) is 68.8 Å². The first-order valence-corrected chi connectivity index (χ1v) is 12.1. The van der Waals surface area contributed by atoms with Crippen LogP contribution in [0.2, 0.25) is 10.0 Å². The van der Waals surface area contributed by atoms with Gasteiger partial charge in [-0.15, -0.1) is 10.2 Å². The van der Waals surface area contributed by atoms with Crippen LogP contribution in [0.3, 0.4) is 0 Å². The molecule has 1 amide bonds. The second-order valence-electron chi connectivity index (χ2n) is 7.29. The molecule has 1 unspecified atom stereocenters. The molecule has 180 valence electrons. The molecule has 0 bridgehead atoms. The van der Waals surface area contributed by atoms with Gasteiger partial charge in [0.2, 0.25) is 0 Å². The van der Waals surface area contributed by atoms with Crippen LogP contribution >= 0.6 is 23.2 Å². The van der Waals surface area contributed by atoms with Crippen molar-refractivity contribution in [2.24, 2.45) is 0 Å². The van der Waals surface area contributed by atoms with Crippen molar-refractivity contribution in [2.45, 2.75) is 24.9 Å². The fraction of sp³-hybridized carbons (Fsp3) is 0.190. The second kappa shape index (κ2) is 9.40. The molecule has 0 fully saturated rings. The van der Waals surface area contributed by atoms with E-state index in [2.05, 4.69) is 15.5 Å². The van der Waals surface area contributed by atoms with E-state index in [9.17, 15) is 22.2 Å². The summed E-state index contributed by atoms with van der Waals surface area (Å²) in [7, 11) is -3.10. The molecule has 2 aromatic carbocycles. The molecule has 0 aliphatic heterocycles. The molecule has 0 radical (unpaired) electrons. The number of carbonyl (C=O) groups excluding carboxylic acids is 1. The molecular weight excluding hydrogens is 516 g/mol. The lowest BCUT2D eigenvalue weighted by atomic mass is 10.1. The van der Waals surface area contributed by atoms with Crippen LogP contribution in [0.1, 0.15) is 27.2 Å². The lowest BCUT2D eigenvalue weighted by molar-refractivity contribution is -0.142. The van der Waals surface area contributed by atoms with Gasteiger partial charge in [-0.25, -0.2) is 8.99 Å². The van der Waals surface area contributed by atoms with Crippen molar-refractivity contribution < 1.29 is 26.9 Å². The molecule has 0 aliphatic carbocycles. The zero-order chi connectivity index (χ0) is 25.4. The molecule has 2 N–H and O–H groups in total. The number of rotatable bonds is 5. The number of benzene rings is 2. The molecule has 3 rings (SSSR count). The number of alkyl halides is 3. The monoisotopic (exact) mass is 532 g/mol. The molecule has 13 heteroatoms. The van der Waals surface area contributed by atoms with E-state index in [1.165, 1.54) is 36.6 Å². The first-order valence-electron chi connectivity index (χ1n) is 9.42. The molecular formula is C21H17Cl2F3N4O3S. The molecule has 1 atom stereocenters. The van der Waals surface area contributed by atoms with Crippen LogP contribution in [-0.2, 0) is 15.9 Å². The van der Waals surface area contributed by atoms with E-state index < -0.39 is 44.5 Å². The lowest BCUT2D eigenvalue weighted by Gasteiger charge is -2.17. The number of nitrogens with zero attached hydrogens (tertiary/aromatic N) is 2. The topological polar surface area (TPSA) is 105 Å². The summed E-state index contributed by atoms with van der Waals surface area (Å²) in [6.45, 7) is 2.71. The van der Waals surface area contributed by atoms with E-state index in [1.54, 1.807) is 13.0 Å². The minimum absolute atomic E-state index is 0.0437. The summed E-state index contributed by atoms with van der Waals surface area (Å²) >= 11 is 12.4. The van der Waals surface area contributed by atoms with Gasteiger partial charge in [0, 0.05) is 16.8 Å². The predicted molar refractivity (Wildman–Crippen MR) is 122 cm³/mol. The Kier molecular flexibility index (Phi) is 7.11. The predicted octanol–water partition coefficient (Wildman–Crippen LogP) is 6.50. The minimum Gasteiger partial charge on any atom is -0.434 e. The number of halogens is 5. The maximum atomic E-state index is 13.5. The van der Waals surface area contributed by atoms with Gasteiger partial charge in [0.1, 0.15) is 5.56 Å². The van der Waals surface area contributed by atoms with Crippen LogP contribution in [0.4, 0.5) is 18.9 Å². The summed E-state index contributed by atoms with van der Waals surface area (Å²) in [4.78, 5) is 13.2. The molecule has 3 aromatic rings. The number of amides is 1. The van der Waals surface area contributed by atoms with Gasteiger partial charge in [-0.05, 0) is 49.2 Å². The highest BCUT2D eigenvalue weighted by Gasteiger charge is 2.38. The van der Waals surface area contributed by atoms with Gasteiger partial charge in [-0.2, -0.15) is 13.2 Å². The highest BCUT2D eigenvalue weighted by atomic mass is 35.5. The van der Waals surface area contributed by atoms with Crippen molar-refractivity contribution in [1.82, 2.24) is 10.2 Å². The molecule has 1 heterocycles. The Morgan fingerprint density at radius 1 is 1.15 bits per heavy atom. The van der Waals surface area contributed by atoms with E-state index in [0.29, 0.717) is 5.56 Å². The minimum atomic E-state index is -4.89. The van der Waals surface area contributed by atoms with Gasteiger partial charge in [-0.3, -0.25) is 4.79 Å². The Morgan fingerprint density at radius 2 is 1.82 bits per heavy atom. The van der Waals surface area contributed by atoms with E-state index >= 15 is 0 Å². The molecule has 0 aliphatic rings. The zero-order valence-electron chi connectivity index (χ0n) is 17.9. The average molecular weight is 533 g/mol. The van der Waals surface area contributed by atoms with Gasteiger partial charge in [-0.1, -0.05) is 35.3 Å².